The van der Waals surface area contributed by atoms with Gasteiger partial charge in [0, 0.05) is 32.7 Å². The Morgan fingerprint density at radius 1 is 1.03 bits per heavy atom. The molecule has 0 aliphatic heterocycles. The number of benzene rings is 1. The first kappa shape index (κ1) is 28.2. The number of furan rings is 1. The molecule has 0 amide bonds. The molecule has 6 nitrogen and oxygen atoms in total. The van der Waals surface area contributed by atoms with Gasteiger partial charge in [-0.15, -0.1) is 24.0 Å². The Morgan fingerprint density at radius 3 is 2.41 bits per heavy atom. The minimum absolute atomic E-state index is 0. The van der Waals surface area contributed by atoms with E-state index in [9.17, 15) is 13.2 Å². The molecule has 2 aromatic rings. The van der Waals surface area contributed by atoms with Crippen LogP contribution in [0.25, 0.3) is 0 Å². The van der Waals surface area contributed by atoms with Crippen LogP contribution in [-0.2, 0) is 29.0 Å². The van der Waals surface area contributed by atoms with Crippen LogP contribution in [0.5, 0.6) is 0 Å². The third-order valence-corrected chi connectivity index (χ3v) is 4.18. The minimum atomic E-state index is -4.31. The van der Waals surface area contributed by atoms with Crippen molar-refractivity contribution in [2.45, 2.75) is 39.1 Å². The molecule has 0 saturated heterocycles. The van der Waals surface area contributed by atoms with Crippen LogP contribution < -0.4 is 10.6 Å². The first-order chi connectivity index (χ1) is 15.0. The molecule has 0 aliphatic carbocycles. The number of ether oxygens (including phenoxy) is 2. The quantitative estimate of drug-likeness (QED) is 0.159. The largest absolute Gasteiger partial charge is 0.469 e. The number of hydrogen-bond acceptors (Lipinski definition) is 4. The van der Waals surface area contributed by atoms with Gasteiger partial charge < -0.3 is 24.5 Å². The van der Waals surface area contributed by atoms with E-state index in [1.807, 2.05) is 31.2 Å². The van der Waals surface area contributed by atoms with Gasteiger partial charge in [-0.25, -0.2) is 4.99 Å². The summed E-state index contributed by atoms with van der Waals surface area (Å²) in [6.07, 6.45) is -1.07. The van der Waals surface area contributed by atoms with Crippen LogP contribution in [-0.4, -0.2) is 45.0 Å². The number of halogens is 4. The third kappa shape index (κ3) is 12.9. The normalized spacial score (nSPS) is 11.8. The van der Waals surface area contributed by atoms with Crippen molar-refractivity contribution in [3.8, 4) is 0 Å². The van der Waals surface area contributed by atoms with Crippen molar-refractivity contribution >= 4 is 29.9 Å². The summed E-state index contributed by atoms with van der Waals surface area (Å²) in [4.78, 5) is 4.60. The van der Waals surface area contributed by atoms with E-state index < -0.39 is 12.8 Å². The van der Waals surface area contributed by atoms with Crippen molar-refractivity contribution in [3.05, 3.63) is 59.5 Å². The van der Waals surface area contributed by atoms with E-state index in [1.54, 1.807) is 18.4 Å². The molecule has 32 heavy (non-hydrogen) atoms. The minimum Gasteiger partial charge on any atom is -0.469 e. The number of guanidine groups is 1. The third-order valence-electron chi connectivity index (χ3n) is 4.18. The maximum Gasteiger partial charge on any atom is 0.411 e. The summed E-state index contributed by atoms with van der Waals surface area (Å²) in [5, 5.41) is 6.57. The first-order valence-corrected chi connectivity index (χ1v) is 10.3. The Bertz CT molecular complexity index is 754. The van der Waals surface area contributed by atoms with Crippen LogP contribution >= 0.6 is 24.0 Å². The standard InChI is InChI=1S/C22H30F3N3O3.HI/c1-2-29-13-4-11-26-21(27-12-10-20-5-3-14-31-20)28-15-18-6-8-19(9-7-18)16-30-17-22(23,24)25;/h3,5-9,14H,2,4,10-13,15-17H2,1H3,(H2,26,27,28);1H. The van der Waals surface area contributed by atoms with Gasteiger partial charge in [0.25, 0.3) is 0 Å². The molecule has 1 aromatic heterocycles. The lowest BCUT2D eigenvalue weighted by atomic mass is 10.1. The fourth-order valence-corrected chi connectivity index (χ4v) is 2.65. The summed E-state index contributed by atoms with van der Waals surface area (Å²) >= 11 is 0. The lowest BCUT2D eigenvalue weighted by molar-refractivity contribution is -0.176. The van der Waals surface area contributed by atoms with E-state index in [2.05, 4.69) is 20.4 Å². The number of alkyl halides is 3. The van der Waals surface area contributed by atoms with Gasteiger partial charge in [0.15, 0.2) is 5.96 Å². The Labute approximate surface area is 204 Å². The van der Waals surface area contributed by atoms with Gasteiger partial charge in [-0.1, -0.05) is 24.3 Å². The molecule has 1 aromatic carbocycles. The fraction of sp³-hybridized carbons (Fsp3) is 0.500. The van der Waals surface area contributed by atoms with Crippen LogP contribution in [0.3, 0.4) is 0 Å². The smallest absolute Gasteiger partial charge is 0.411 e. The summed E-state index contributed by atoms with van der Waals surface area (Å²) in [6.45, 7) is 3.84. The maximum absolute atomic E-state index is 12.2. The van der Waals surface area contributed by atoms with Gasteiger partial charge in [-0.3, -0.25) is 0 Å². The molecule has 0 spiro atoms. The average Bonchev–Trinajstić information content (AvgIpc) is 3.25. The second-order valence-corrected chi connectivity index (χ2v) is 6.82. The van der Waals surface area contributed by atoms with Crippen molar-refractivity contribution in [2.75, 3.05) is 32.9 Å². The summed E-state index contributed by atoms with van der Waals surface area (Å²) in [6, 6.07) is 11.0. The van der Waals surface area contributed by atoms with Gasteiger partial charge in [-0.05, 0) is 36.6 Å². The van der Waals surface area contributed by atoms with E-state index in [4.69, 9.17) is 9.15 Å². The second kappa shape index (κ2) is 15.9. The number of aliphatic imine (C=N–C) groups is 1. The molecular weight excluding hydrogens is 538 g/mol. The lowest BCUT2D eigenvalue weighted by Gasteiger charge is -2.12. The Hall–Kier alpha value is -1.79. The van der Waals surface area contributed by atoms with E-state index in [-0.39, 0.29) is 30.6 Å². The van der Waals surface area contributed by atoms with Crippen molar-refractivity contribution in [2.24, 2.45) is 4.99 Å². The molecular formula is C22H31F3IN3O3. The van der Waals surface area contributed by atoms with Crippen LogP contribution in [0.15, 0.2) is 52.1 Å². The Kier molecular flexibility index (Phi) is 14.1. The zero-order valence-corrected chi connectivity index (χ0v) is 20.4. The molecule has 2 rings (SSSR count). The van der Waals surface area contributed by atoms with E-state index in [0.717, 1.165) is 30.7 Å². The Balaban J connectivity index is 0.00000512. The van der Waals surface area contributed by atoms with Crippen LogP contribution in [0, 0.1) is 0 Å². The van der Waals surface area contributed by atoms with Crippen molar-refractivity contribution in [1.29, 1.82) is 0 Å². The van der Waals surface area contributed by atoms with Gasteiger partial charge in [0.2, 0.25) is 0 Å². The number of nitrogens with zero attached hydrogens (tertiary/aromatic N) is 1. The Morgan fingerprint density at radius 2 is 1.75 bits per heavy atom. The lowest BCUT2D eigenvalue weighted by Crippen LogP contribution is -2.39. The second-order valence-electron chi connectivity index (χ2n) is 6.82. The highest BCUT2D eigenvalue weighted by Gasteiger charge is 2.27. The van der Waals surface area contributed by atoms with Gasteiger partial charge >= 0.3 is 6.18 Å². The van der Waals surface area contributed by atoms with Crippen LogP contribution in [0.4, 0.5) is 13.2 Å². The zero-order chi connectivity index (χ0) is 22.4. The topological polar surface area (TPSA) is 68.0 Å². The molecule has 2 N–H and O–H groups in total. The molecule has 1 heterocycles. The number of hydrogen-bond donors (Lipinski definition) is 2. The predicted octanol–water partition coefficient (Wildman–Crippen LogP) is 4.68. The number of nitrogens with one attached hydrogen (secondary N) is 2. The van der Waals surface area contributed by atoms with Crippen molar-refractivity contribution < 1.29 is 27.1 Å². The van der Waals surface area contributed by atoms with E-state index >= 15 is 0 Å². The highest BCUT2D eigenvalue weighted by atomic mass is 127. The van der Waals surface area contributed by atoms with E-state index in [1.165, 1.54) is 0 Å². The summed E-state index contributed by atoms with van der Waals surface area (Å²) < 4.78 is 51.8. The summed E-state index contributed by atoms with van der Waals surface area (Å²) in [7, 11) is 0. The van der Waals surface area contributed by atoms with Crippen LogP contribution in [0.1, 0.15) is 30.2 Å². The maximum atomic E-state index is 12.2. The summed E-state index contributed by atoms with van der Waals surface area (Å²) in [5.74, 6) is 1.58. The first-order valence-electron chi connectivity index (χ1n) is 10.3. The molecule has 0 bridgehead atoms. The predicted molar refractivity (Wildman–Crippen MR) is 128 cm³/mol. The van der Waals surface area contributed by atoms with Gasteiger partial charge in [0.1, 0.15) is 12.4 Å². The molecule has 0 unspecified atom stereocenters. The molecule has 0 radical (unpaired) electrons. The summed E-state index contributed by atoms with van der Waals surface area (Å²) in [5.41, 5.74) is 1.63. The van der Waals surface area contributed by atoms with Crippen LogP contribution in [0.2, 0.25) is 0 Å². The van der Waals surface area contributed by atoms with E-state index in [0.29, 0.717) is 37.8 Å². The number of rotatable bonds is 13. The zero-order valence-electron chi connectivity index (χ0n) is 18.1. The van der Waals surface area contributed by atoms with Gasteiger partial charge in [-0.2, -0.15) is 13.2 Å². The molecule has 180 valence electrons. The highest BCUT2D eigenvalue weighted by Crippen LogP contribution is 2.16. The molecule has 10 heteroatoms. The molecule has 0 aliphatic rings. The van der Waals surface area contributed by atoms with Crippen molar-refractivity contribution in [1.82, 2.24) is 10.6 Å². The highest BCUT2D eigenvalue weighted by molar-refractivity contribution is 14.0. The molecule has 0 fully saturated rings. The molecule has 0 saturated carbocycles. The fourth-order valence-electron chi connectivity index (χ4n) is 2.65. The molecule has 0 atom stereocenters. The van der Waals surface area contributed by atoms with Crippen molar-refractivity contribution in [3.63, 3.8) is 0 Å². The monoisotopic (exact) mass is 569 g/mol. The van der Waals surface area contributed by atoms with Gasteiger partial charge in [0.05, 0.1) is 19.4 Å². The average molecular weight is 569 g/mol. The SMILES string of the molecule is CCOCCCNC(=NCc1ccc(COCC(F)(F)F)cc1)NCCc1ccco1.I.